The zero-order valence-corrected chi connectivity index (χ0v) is 31.3. The maximum atomic E-state index is 13.8. The van der Waals surface area contributed by atoms with E-state index < -0.39 is 12.1 Å². The number of nitrogens with zero attached hydrogens (tertiary/aromatic N) is 5. The van der Waals surface area contributed by atoms with E-state index >= 15 is 0 Å². The summed E-state index contributed by atoms with van der Waals surface area (Å²) in [5.41, 5.74) is 5.89. The van der Waals surface area contributed by atoms with E-state index in [-0.39, 0.29) is 41.8 Å². The molecule has 2 saturated heterocycles. The number of imidazole rings is 2. The van der Waals surface area contributed by atoms with Crippen molar-refractivity contribution in [2.24, 2.45) is 16.8 Å². The second-order valence-corrected chi connectivity index (χ2v) is 15.1. The van der Waals surface area contributed by atoms with Gasteiger partial charge in [0, 0.05) is 19.6 Å². The van der Waals surface area contributed by atoms with Crippen LogP contribution in [0.3, 0.4) is 0 Å². The monoisotopic (exact) mass is 734 g/mol. The Labute approximate surface area is 315 Å². The third-order valence-corrected chi connectivity index (χ3v) is 10.7. The predicted octanol–water partition coefficient (Wildman–Crippen LogP) is 5.33. The standard InChI is InChI=1S/C40H50N10O4/c1-23(2)33(47-39-41-17-18-42-39)37(51)49-19-5-7-31(49)35-43-21-29(45-35)27-13-9-25(10-14-27)26-11-15-28(16-12-26)30-22-44-36(46-30)32-8-6-20-50(32)38(52)34(24(3)4)48-40(53)54/h9-16,21-24,31-34,48H,5-8,17-20H2,1-4H3,(H,43,45)(H,44,46)(H,53,54)(H2,41,42,47)/t31-,32-,33+,34-/m0/s1. The number of carbonyl (C=O) groups is 3. The molecule has 14 nitrogen and oxygen atoms in total. The lowest BCUT2D eigenvalue weighted by Gasteiger charge is -2.30. The Morgan fingerprint density at radius 2 is 1.19 bits per heavy atom. The first-order valence-corrected chi connectivity index (χ1v) is 19.0. The third-order valence-electron chi connectivity index (χ3n) is 10.7. The number of guanidine groups is 1. The second-order valence-electron chi connectivity index (χ2n) is 15.1. The van der Waals surface area contributed by atoms with Crippen LogP contribution in [0.15, 0.2) is 65.9 Å². The average Bonchev–Trinajstić information content (AvgIpc) is 4.01. The van der Waals surface area contributed by atoms with Crippen molar-refractivity contribution in [1.82, 2.24) is 45.7 Å². The largest absolute Gasteiger partial charge is 0.465 e. The topological polar surface area (TPSA) is 184 Å². The number of carboxylic acid groups (broad SMARTS) is 1. The quantitative estimate of drug-likeness (QED) is 0.120. The number of aliphatic imine (C=N–C) groups is 1. The summed E-state index contributed by atoms with van der Waals surface area (Å²) in [6.07, 6.45) is 5.81. The molecule has 5 heterocycles. The fourth-order valence-corrected chi connectivity index (χ4v) is 7.78. The second kappa shape index (κ2) is 15.7. The Bertz CT molecular complexity index is 1980. The van der Waals surface area contributed by atoms with Crippen LogP contribution in [0.4, 0.5) is 4.79 Å². The molecule has 0 saturated carbocycles. The molecule has 3 aliphatic rings. The normalized spacial score (nSPS) is 19.6. The Balaban J connectivity index is 0.998. The molecule has 14 heteroatoms. The van der Waals surface area contributed by atoms with E-state index in [9.17, 15) is 19.5 Å². The van der Waals surface area contributed by atoms with E-state index in [1.165, 1.54) is 0 Å². The van der Waals surface area contributed by atoms with Gasteiger partial charge in [0.05, 0.1) is 42.4 Å². The number of hydrogen-bond donors (Lipinski definition) is 6. The highest BCUT2D eigenvalue weighted by Crippen LogP contribution is 2.35. The van der Waals surface area contributed by atoms with Crippen molar-refractivity contribution in [1.29, 1.82) is 0 Å². The summed E-state index contributed by atoms with van der Waals surface area (Å²) >= 11 is 0. The number of amides is 3. The smallest absolute Gasteiger partial charge is 0.405 e. The van der Waals surface area contributed by atoms with Crippen molar-refractivity contribution in [2.75, 3.05) is 26.2 Å². The Morgan fingerprint density at radius 3 is 1.61 bits per heavy atom. The molecule has 3 aliphatic heterocycles. The first-order valence-electron chi connectivity index (χ1n) is 19.0. The van der Waals surface area contributed by atoms with Crippen molar-refractivity contribution in [3.8, 4) is 33.6 Å². The zero-order valence-electron chi connectivity index (χ0n) is 31.3. The number of likely N-dealkylation sites (tertiary alicyclic amines) is 2. The molecule has 2 fully saturated rings. The molecule has 2 aromatic carbocycles. The molecule has 54 heavy (non-hydrogen) atoms. The maximum absolute atomic E-state index is 13.8. The van der Waals surface area contributed by atoms with Crippen LogP contribution in [0.1, 0.15) is 77.1 Å². The first-order chi connectivity index (χ1) is 26.1. The number of nitrogens with one attached hydrogen (secondary N) is 5. The van der Waals surface area contributed by atoms with E-state index in [0.717, 1.165) is 71.7 Å². The third kappa shape index (κ3) is 7.68. The SMILES string of the molecule is CC(C)[C@H](NC(=O)O)C(=O)N1CCC[C@H]1c1ncc(-c2ccc(-c3ccc(-c4cnc([C@@H]5CCCN5C(=O)[C@H](NC5=NCCN5)C(C)C)[nH]4)cc3)cc2)[nH]1. The van der Waals surface area contributed by atoms with E-state index in [2.05, 4.69) is 98.3 Å². The number of hydrogen-bond acceptors (Lipinski definition) is 8. The molecule has 0 spiro atoms. The minimum atomic E-state index is -1.21. The molecule has 0 radical (unpaired) electrons. The Hall–Kier alpha value is -5.66. The number of aromatic nitrogens is 4. The van der Waals surface area contributed by atoms with Gasteiger partial charge in [-0.2, -0.15) is 0 Å². The van der Waals surface area contributed by atoms with Crippen LogP contribution < -0.4 is 16.0 Å². The van der Waals surface area contributed by atoms with E-state index in [0.29, 0.717) is 31.4 Å². The van der Waals surface area contributed by atoms with E-state index in [1.54, 1.807) is 11.1 Å². The highest BCUT2D eigenvalue weighted by atomic mass is 16.4. The molecule has 284 valence electrons. The maximum Gasteiger partial charge on any atom is 0.405 e. The van der Waals surface area contributed by atoms with Crippen LogP contribution in [-0.4, -0.2) is 97.0 Å². The molecule has 6 N–H and O–H groups in total. The Morgan fingerprint density at radius 1 is 0.722 bits per heavy atom. The van der Waals surface area contributed by atoms with Gasteiger partial charge in [-0.3, -0.25) is 14.6 Å². The molecule has 3 amide bonds. The molecule has 4 atom stereocenters. The molecular formula is C40H50N10O4. The fraction of sp³-hybridized carbons (Fsp3) is 0.450. The minimum Gasteiger partial charge on any atom is -0.465 e. The lowest BCUT2D eigenvalue weighted by atomic mass is 10.0. The van der Waals surface area contributed by atoms with Crippen LogP contribution in [0.25, 0.3) is 33.6 Å². The summed E-state index contributed by atoms with van der Waals surface area (Å²) in [4.78, 5) is 62.9. The van der Waals surface area contributed by atoms with Gasteiger partial charge in [-0.25, -0.2) is 14.8 Å². The predicted molar refractivity (Wildman–Crippen MR) is 206 cm³/mol. The highest BCUT2D eigenvalue weighted by Gasteiger charge is 2.38. The zero-order chi connectivity index (χ0) is 37.9. The molecule has 0 aliphatic carbocycles. The van der Waals surface area contributed by atoms with Gasteiger partial charge in [0.15, 0.2) is 5.96 Å². The molecule has 0 bridgehead atoms. The van der Waals surface area contributed by atoms with Crippen molar-refractivity contribution in [2.45, 2.75) is 77.5 Å². The van der Waals surface area contributed by atoms with Crippen LogP contribution in [0.2, 0.25) is 0 Å². The average molecular weight is 735 g/mol. The van der Waals surface area contributed by atoms with Crippen molar-refractivity contribution >= 4 is 23.9 Å². The van der Waals surface area contributed by atoms with Crippen molar-refractivity contribution < 1.29 is 19.5 Å². The molecule has 2 aromatic heterocycles. The minimum absolute atomic E-state index is 0.0738. The van der Waals surface area contributed by atoms with Crippen LogP contribution >= 0.6 is 0 Å². The molecule has 4 aromatic rings. The van der Waals surface area contributed by atoms with Gasteiger partial charge in [0.2, 0.25) is 11.8 Å². The van der Waals surface area contributed by atoms with Crippen LogP contribution in [0, 0.1) is 11.8 Å². The van der Waals surface area contributed by atoms with Crippen molar-refractivity contribution in [3.63, 3.8) is 0 Å². The van der Waals surface area contributed by atoms with Gasteiger partial charge in [-0.05, 0) is 59.8 Å². The molecule has 0 unspecified atom stereocenters. The van der Waals surface area contributed by atoms with Crippen molar-refractivity contribution in [3.05, 3.63) is 72.6 Å². The van der Waals surface area contributed by atoms with E-state index in [4.69, 9.17) is 4.98 Å². The summed E-state index contributed by atoms with van der Waals surface area (Å²) in [5.74, 6) is 1.98. The summed E-state index contributed by atoms with van der Waals surface area (Å²) < 4.78 is 0. The molecule has 7 rings (SSSR count). The summed E-state index contributed by atoms with van der Waals surface area (Å²) in [7, 11) is 0. The van der Waals surface area contributed by atoms with Crippen LogP contribution in [0.5, 0.6) is 0 Å². The number of aromatic amines is 2. The highest BCUT2D eigenvalue weighted by molar-refractivity contribution is 5.90. The number of benzene rings is 2. The number of carbonyl (C=O) groups excluding carboxylic acids is 2. The summed E-state index contributed by atoms with van der Waals surface area (Å²) in [5, 5.41) is 18.2. The summed E-state index contributed by atoms with van der Waals surface area (Å²) in [6.45, 7) is 10.5. The van der Waals surface area contributed by atoms with Gasteiger partial charge < -0.3 is 40.8 Å². The van der Waals surface area contributed by atoms with E-state index in [1.807, 2.05) is 24.9 Å². The van der Waals surface area contributed by atoms with Gasteiger partial charge in [-0.15, -0.1) is 0 Å². The number of rotatable bonds is 11. The van der Waals surface area contributed by atoms with Gasteiger partial charge in [0.1, 0.15) is 23.7 Å². The summed E-state index contributed by atoms with van der Waals surface area (Å²) in [6, 6.07) is 15.1. The first kappa shape index (κ1) is 36.7. The van der Waals surface area contributed by atoms with Gasteiger partial charge >= 0.3 is 6.09 Å². The van der Waals surface area contributed by atoms with Gasteiger partial charge in [-0.1, -0.05) is 76.2 Å². The Kier molecular flexibility index (Phi) is 10.7. The van der Waals surface area contributed by atoms with Crippen LogP contribution in [-0.2, 0) is 9.59 Å². The fourth-order valence-electron chi connectivity index (χ4n) is 7.78. The van der Waals surface area contributed by atoms with Gasteiger partial charge in [0.25, 0.3) is 0 Å². The lowest BCUT2D eigenvalue weighted by molar-refractivity contribution is -0.136. The molecular weight excluding hydrogens is 685 g/mol. The lowest BCUT2D eigenvalue weighted by Crippen LogP contribution is -2.53. The number of H-pyrrole nitrogens is 2.